The normalized spacial score (nSPS) is 28.7. The van der Waals surface area contributed by atoms with Crippen LogP contribution in [-0.4, -0.2) is 35.3 Å². The van der Waals surface area contributed by atoms with Crippen molar-refractivity contribution in [3.8, 4) is 11.5 Å². The molecule has 3 N–H and O–H groups in total. The van der Waals surface area contributed by atoms with Crippen LogP contribution in [0.5, 0.6) is 11.5 Å². The minimum atomic E-state index is -4.75. The number of aliphatic hydroxyl groups is 1. The molecule has 2 aromatic rings. The molecule has 0 aromatic heterocycles. The van der Waals surface area contributed by atoms with Gasteiger partial charge in [-0.25, -0.2) is 0 Å². The number of fused-ring (bicyclic) bond motifs is 2. The predicted molar refractivity (Wildman–Crippen MR) is 126 cm³/mol. The SMILES string of the molecule is CC(C)(O)[C@@H]1C[C@]2(c3ccccc3)N[C@H]1CC[C@H]2NCc1cc(OC(F)(F)F)ccc1OC1CC1. The van der Waals surface area contributed by atoms with Gasteiger partial charge in [0.05, 0.1) is 17.2 Å². The van der Waals surface area contributed by atoms with Crippen molar-refractivity contribution in [2.24, 2.45) is 5.92 Å². The van der Waals surface area contributed by atoms with Crippen molar-refractivity contribution in [3.05, 3.63) is 59.7 Å². The number of rotatable bonds is 8. The largest absolute Gasteiger partial charge is 0.573 e. The molecule has 4 atom stereocenters. The number of ether oxygens (including phenoxy) is 2. The molecule has 3 aliphatic rings. The molecule has 5 rings (SSSR count). The molecule has 0 radical (unpaired) electrons. The monoisotopic (exact) mass is 490 g/mol. The lowest BCUT2D eigenvalue weighted by Crippen LogP contribution is -2.58. The minimum Gasteiger partial charge on any atom is -0.490 e. The van der Waals surface area contributed by atoms with E-state index in [-0.39, 0.29) is 35.4 Å². The van der Waals surface area contributed by atoms with Crippen LogP contribution in [0, 0.1) is 5.92 Å². The molecule has 3 fully saturated rings. The second kappa shape index (κ2) is 8.98. The van der Waals surface area contributed by atoms with Gasteiger partial charge in [-0.05, 0) is 69.7 Å². The van der Waals surface area contributed by atoms with Gasteiger partial charge >= 0.3 is 6.36 Å². The van der Waals surface area contributed by atoms with E-state index in [1.54, 1.807) is 6.07 Å². The molecule has 2 heterocycles. The summed E-state index contributed by atoms with van der Waals surface area (Å²) in [7, 11) is 0. The molecule has 1 aliphatic carbocycles. The molecular formula is C27H33F3N2O3. The van der Waals surface area contributed by atoms with E-state index in [0.29, 0.717) is 17.9 Å². The first kappa shape index (κ1) is 24.4. The van der Waals surface area contributed by atoms with Gasteiger partial charge in [-0.2, -0.15) is 0 Å². The Morgan fingerprint density at radius 2 is 1.80 bits per heavy atom. The van der Waals surface area contributed by atoms with E-state index in [1.165, 1.54) is 12.1 Å². The third-order valence-electron chi connectivity index (χ3n) is 7.65. The van der Waals surface area contributed by atoms with Crippen molar-refractivity contribution in [2.75, 3.05) is 0 Å². The Labute approximate surface area is 204 Å². The summed E-state index contributed by atoms with van der Waals surface area (Å²) in [5.41, 5.74) is 0.586. The van der Waals surface area contributed by atoms with Crippen LogP contribution >= 0.6 is 0 Å². The van der Waals surface area contributed by atoms with Crippen LogP contribution in [0.25, 0.3) is 0 Å². The average Bonchev–Trinajstić information content (AvgIpc) is 3.55. The summed E-state index contributed by atoms with van der Waals surface area (Å²) in [6.45, 7) is 4.08. The van der Waals surface area contributed by atoms with Crippen molar-refractivity contribution < 1.29 is 27.8 Å². The molecule has 0 unspecified atom stereocenters. The summed E-state index contributed by atoms with van der Waals surface area (Å²) in [5.74, 6) is 0.428. The molecule has 1 saturated carbocycles. The van der Waals surface area contributed by atoms with Crippen LogP contribution in [0.1, 0.15) is 57.1 Å². The third-order valence-corrected chi connectivity index (χ3v) is 7.65. The summed E-state index contributed by atoms with van der Waals surface area (Å²) in [4.78, 5) is 0. The molecular weight excluding hydrogens is 457 g/mol. The van der Waals surface area contributed by atoms with Crippen molar-refractivity contribution in [3.63, 3.8) is 0 Å². The fourth-order valence-corrected chi connectivity index (χ4v) is 5.85. The zero-order chi connectivity index (χ0) is 24.8. The van der Waals surface area contributed by atoms with Gasteiger partial charge in [0, 0.05) is 30.1 Å². The Hall–Kier alpha value is -2.29. The summed E-state index contributed by atoms with van der Waals surface area (Å²) in [5, 5.41) is 18.4. The van der Waals surface area contributed by atoms with Gasteiger partial charge in [0.15, 0.2) is 0 Å². The number of benzene rings is 2. The highest BCUT2D eigenvalue weighted by atomic mass is 19.4. The number of piperidine rings is 1. The Balaban J connectivity index is 1.41. The minimum absolute atomic E-state index is 0.0227. The van der Waals surface area contributed by atoms with E-state index in [4.69, 9.17) is 4.74 Å². The van der Waals surface area contributed by atoms with Crippen LogP contribution in [-0.2, 0) is 12.1 Å². The Morgan fingerprint density at radius 3 is 2.46 bits per heavy atom. The number of halogens is 3. The van der Waals surface area contributed by atoms with E-state index in [2.05, 4.69) is 27.5 Å². The third kappa shape index (κ3) is 5.29. The van der Waals surface area contributed by atoms with Gasteiger partial charge in [0.25, 0.3) is 0 Å². The lowest BCUT2D eigenvalue weighted by Gasteiger charge is -2.43. The van der Waals surface area contributed by atoms with Gasteiger partial charge < -0.3 is 25.2 Å². The Bertz CT molecular complexity index is 1040. The maximum absolute atomic E-state index is 12.8. The summed E-state index contributed by atoms with van der Waals surface area (Å²) in [6.07, 6.45) is -0.155. The van der Waals surface area contributed by atoms with E-state index in [0.717, 1.165) is 37.7 Å². The van der Waals surface area contributed by atoms with E-state index < -0.39 is 12.0 Å². The Kier molecular flexibility index (Phi) is 6.26. The van der Waals surface area contributed by atoms with Crippen molar-refractivity contribution in [1.82, 2.24) is 10.6 Å². The first-order chi connectivity index (χ1) is 16.5. The number of hydrogen-bond acceptors (Lipinski definition) is 5. The van der Waals surface area contributed by atoms with Crippen LogP contribution in [0.2, 0.25) is 0 Å². The Morgan fingerprint density at radius 1 is 1.06 bits per heavy atom. The molecule has 35 heavy (non-hydrogen) atoms. The quantitative estimate of drug-likeness (QED) is 0.485. The molecule has 5 nitrogen and oxygen atoms in total. The zero-order valence-electron chi connectivity index (χ0n) is 20.1. The van der Waals surface area contributed by atoms with E-state index >= 15 is 0 Å². The fraction of sp³-hybridized carbons (Fsp3) is 0.556. The number of alkyl halides is 3. The van der Waals surface area contributed by atoms with Crippen LogP contribution in [0.15, 0.2) is 48.5 Å². The molecule has 8 heteroatoms. The van der Waals surface area contributed by atoms with Gasteiger partial charge in [0.1, 0.15) is 11.5 Å². The van der Waals surface area contributed by atoms with Gasteiger partial charge in [-0.15, -0.1) is 13.2 Å². The molecule has 190 valence electrons. The molecule has 2 aliphatic heterocycles. The number of hydrogen-bond donors (Lipinski definition) is 3. The van der Waals surface area contributed by atoms with Gasteiger partial charge in [0.2, 0.25) is 0 Å². The molecule has 0 spiro atoms. The van der Waals surface area contributed by atoms with Gasteiger partial charge in [-0.1, -0.05) is 30.3 Å². The average molecular weight is 491 g/mol. The molecule has 2 bridgehead atoms. The predicted octanol–water partition coefficient (Wildman–Crippen LogP) is 5.02. The van der Waals surface area contributed by atoms with Crippen molar-refractivity contribution in [2.45, 2.75) is 88.2 Å². The van der Waals surface area contributed by atoms with Crippen LogP contribution in [0.3, 0.4) is 0 Å². The standard InChI is InChI=1S/C27H33F3N2O3/c1-25(2,33)21-15-26(18-6-4-3-5-7-18)24(13-11-22(21)32-26)31-16-17-14-20(35-27(28,29)30)10-12-23(17)34-19-8-9-19/h3-7,10,12,14,19,21-22,24,31-33H,8-9,11,13,15-16H2,1-2H3/t21-,22+,24-,26-/m1/s1. The maximum Gasteiger partial charge on any atom is 0.573 e. The zero-order valence-corrected chi connectivity index (χ0v) is 20.1. The van der Waals surface area contributed by atoms with Gasteiger partial charge in [-0.3, -0.25) is 0 Å². The smallest absolute Gasteiger partial charge is 0.490 e. The molecule has 2 aromatic carbocycles. The summed E-state index contributed by atoms with van der Waals surface area (Å²) < 4.78 is 48.7. The van der Waals surface area contributed by atoms with Crippen molar-refractivity contribution >= 4 is 0 Å². The van der Waals surface area contributed by atoms with E-state index in [9.17, 15) is 18.3 Å². The fourth-order valence-electron chi connectivity index (χ4n) is 5.85. The molecule has 0 amide bonds. The highest BCUT2D eigenvalue weighted by Crippen LogP contribution is 2.49. The number of nitrogens with one attached hydrogen (secondary N) is 2. The maximum atomic E-state index is 12.8. The van der Waals surface area contributed by atoms with Crippen LogP contribution < -0.4 is 20.1 Å². The second-order valence-corrected chi connectivity index (χ2v) is 10.7. The second-order valence-electron chi connectivity index (χ2n) is 10.7. The highest BCUT2D eigenvalue weighted by Gasteiger charge is 2.56. The van der Waals surface area contributed by atoms with E-state index in [1.807, 2.05) is 32.0 Å². The summed E-state index contributed by atoms with van der Waals surface area (Å²) >= 11 is 0. The molecule has 2 saturated heterocycles. The van der Waals surface area contributed by atoms with Crippen LogP contribution in [0.4, 0.5) is 13.2 Å². The topological polar surface area (TPSA) is 62.8 Å². The lowest BCUT2D eigenvalue weighted by atomic mass is 9.76. The first-order valence-corrected chi connectivity index (χ1v) is 12.4. The first-order valence-electron chi connectivity index (χ1n) is 12.4. The lowest BCUT2D eigenvalue weighted by molar-refractivity contribution is -0.274. The van der Waals surface area contributed by atoms with Crippen molar-refractivity contribution in [1.29, 1.82) is 0 Å². The highest BCUT2D eigenvalue weighted by molar-refractivity contribution is 5.41. The summed E-state index contributed by atoms with van der Waals surface area (Å²) in [6, 6.07) is 14.7.